The second-order valence-corrected chi connectivity index (χ2v) is 11.0. The standard InChI is InChI=1S/C30H43N5O3/c1-21-25-11-12-27(29(21)31)35(32)16-5-3-4-6-22-14-18-34(19-15-22)30(38)33(2)17-13-23-7-9-24(10-8-23)26(25)20-28(36)37/h7-12,22,26H,3-6,13-20,31-32H2,1-2H3,(H,36,37). The van der Waals surface area contributed by atoms with Crippen LogP contribution in [0.25, 0.3) is 0 Å². The van der Waals surface area contributed by atoms with Gasteiger partial charge in [-0.05, 0) is 66.8 Å². The van der Waals surface area contributed by atoms with Gasteiger partial charge in [0.25, 0.3) is 0 Å². The van der Waals surface area contributed by atoms with E-state index in [1.54, 1.807) is 5.01 Å². The van der Waals surface area contributed by atoms with Crippen LogP contribution >= 0.6 is 0 Å². The molecule has 2 amide bonds. The lowest BCUT2D eigenvalue weighted by molar-refractivity contribution is -0.137. The van der Waals surface area contributed by atoms with Crippen molar-refractivity contribution in [3.05, 3.63) is 58.7 Å². The average molecular weight is 522 g/mol. The summed E-state index contributed by atoms with van der Waals surface area (Å²) in [5.41, 5.74) is 11.8. The molecule has 5 N–H and O–H groups in total. The van der Waals surface area contributed by atoms with Gasteiger partial charge in [0.05, 0.1) is 17.8 Å². The van der Waals surface area contributed by atoms with Gasteiger partial charge in [0.2, 0.25) is 0 Å². The highest BCUT2D eigenvalue weighted by Gasteiger charge is 2.25. The quantitative estimate of drug-likeness (QED) is 0.388. The van der Waals surface area contributed by atoms with Gasteiger partial charge >= 0.3 is 12.0 Å². The lowest BCUT2D eigenvalue weighted by Crippen LogP contribution is -2.45. The molecule has 1 unspecified atom stereocenters. The molecule has 6 aliphatic heterocycles. The van der Waals surface area contributed by atoms with Gasteiger partial charge in [-0.25, -0.2) is 10.6 Å². The van der Waals surface area contributed by atoms with E-state index >= 15 is 0 Å². The smallest absolute Gasteiger partial charge is 0.319 e. The first kappa shape index (κ1) is 27.8. The fraction of sp³-hybridized carbons (Fsp3) is 0.533. The number of hydrogen-bond acceptors (Lipinski definition) is 5. The monoisotopic (exact) mass is 521 g/mol. The number of benzene rings is 2. The summed E-state index contributed by atoms with van der Waals surface area (Å²) in [4.78, 5) is 28.6. The first-order chi connectivity index (χ1) is 18.2. The molecule has 8 heteroatoms. The number of fused-ring (bicyclic) bond motifs is 1. The molecule has 8 nitrogen and oxygen atoms in total. The molecule has 6 aliphatic rings. The van der Waals surface area contributed by atoms with Gasteiger partial charge in [-0.15, -0.1) is 0 Å². The maximum atomic E-state index is 13.0. The molecule has 0 radical (unpaired) electrons. The van der Waals surface area contributed by atoms with Crippen molar-refractivity contribution in [2.45, 2.75) is 64.2 Å². The van der Waals surface area contributed by atoms with E-state index in [1.165, 1.54) is 6.42 Å². The number of hydrogen-bond donors (Lipinski definition) is 3. The van der Waals surface area contributed by atoms with Crippen molar-refractivity contribution < 1.29 is 14.7 Å². The van der Waals surface area contributed by atoms with Crippen molar-refractivity contribution in [2.24, 2.45) is 11.8 Å². The second kappa shape index (κ2) is 12.5. The predicted molar refractivity (Wildman–Crippen MR) is 152 cm³/mol. The Labute approximate surface area is 226 Å². The van der Waals surface area contributed by atoms with Gasteiger partial charge in [-0.1, -0.05) is 49.6 Å². The molecule has 8 rings (SSSR count). The van der Waals surface area contributed by atoms with Crippen molar-refractivity contribution in [3.8, 4) is 0 Å². The highest BCUT2D eigenvalue weighted by molar-refractivity contribution is 5.75. The molecule has 38 heavy (non-hydrogen) atoms. The number of nitrogen functional groups attached to an aromatic ring is 1. The first-order valence-corrected chi connectivity index (χ1v) is 14.0. The summed E-state index contributed by atoms with van der Waals surface area (Å²) >= 11 is 0. The van der Waals surface area contributed by atoms with Crippen molar-refractivity contribution in [2.75, 3.05) is 44.0 Å². The third-order valence-corrected chi connectivity index (χ3v) is 8.44. The third-order valence-electron chi connectivity index (χ3n) is 8.44. The molecule has 1 atom stereocenters. The van der Waals surface area contributed by atoms with Crippen LogP contribution in [0.2, 0.25) is 0 Å². The molecular weight excluding hydrogens is 478 g/mol. The van der Waals surface area contributed by atoms with Crippen LogP contribution < -0.4 is 16.6 Å². The Bertz CT molecular complexity index is 1110. The number of piperidine rings is 1. The molecule has 0 saturated carbocycles. The Morgan fingerprint density at radius 1 is 0.974 bits per heavy atom. The molecule has 6 heterocycles. The van der Waals surface area contributed by atoms with E-state index in [4.69, 9.17) is 11.6 Å². The van der Waals surface area contributed by atoms with E-state index in [-0.39, 0.29) is 18.4 Å². The maximum Gasteiger partial charge on any atom is 0.319 e. The van der Waals surface area contributed by atoms with Crippen LogP contribution in [0.4, 0.5) is 16.2 Å². The summed E-state index contributed by atoms with van der Waals surface area (Å²) in [6.45, 7) is 4.97. The summed E-state index contributed by atoms with van der Waals surface area (Å²) in [5.74, 6) is 5.92. The number of carbonyl (C=O) groups is 2. The maximum absolute atomic E-state index is 13.0. The zero-order chi connectivity index (χ0) is 27.2. The van der Waals surface area contributed by atoms with E-state index in [0.29, 0.717) is 24.7 Å². The Hall–Kier alpha value is -3.26. The van der Waals surface area contributed by atoms with Crippen molar-refractivity contribution >= 4 is 23.4 Å². The fourth-order valence-corrected chi connectivity index (χ4v) is 5.92. The number of likely N-dealkylation sites (N-methyl/N-ethyl adjacent to an activating group) is 1. The van der Waals surface area contributed by atoms with E-state index in [2.05, 4.69) is 0 Å². The van der Waals surface area contributed by atoms with Gasteiger partial charge < -0.3 is 25.6 Å². The number of nitrogens with two attached hydrogens (primary N) is 2. The van der Waals surface area contributed by atoms with E-state index < -0.39 is 5.97 Å². The number of hydrazine groups is 1. The van der Waals surface area contributed by atoms with Crippen LogP contribution in [0.1, 0.15) is 73.1 Å². The summed E-state index contributed by atoms with van der Waals surface area (Å²) in [6.07, 6.45) is 7.30. The van der Waals surface area contributed by atoms with Crippen LogP contribution in [0.5, 0.6) is 0 Å². The van der Waals surface area contributed by atoms with Crippen molar-refractivity contribution in [1.29, 1.82) is 0 Å². The second-order valence-electron chi connectivity index (χ2n) is 11.0. The van der Waals surface area contributed by atoms with Gasteiger partial charge in [0.15, 0.2) is 0 Å². The normalized spacial score (nSPS) is 21.8. The molecule has 0 spiro atoms. The Morgan fingerprint density at radius 3 is 2.37 bits per heavy atom. The lowest BCUT2D eigenvalue weighted by atomic mass is 9.84. The van der Waals surface area contributed by atoms with E-state index in [1.807, 2.05) is 60.2 Å². The minimum Gasteiger partial charge on any atom is -0.481 e. The number of carbonyl (C=O) groups excluding carboxylic acids is 1. The van der Waals surface area contributed by atoms with Crippen LogP contribution in [-0.4, -0.2) is 60.1 Å². The highest BCUT2D eigenvalue weighted by atomic mass is 16.4. The minimum atomic E-state index is -0.858. The van der Waals surface area contributed by atoms with Gasteiger partial charge in [0.1, 0.15) is 0 Å². The SMILES string of the molecule is Cc1c2ccc(c1N)N(N)CCCCCC1CCN(CC1)C(=O)N(C)CCc1ccc(cc1)C2CC(=O)O. The summed E-state index contributed by atoms with van der Waals surface area (Å²) in [5, 5.41) is 11.4. The number of carboxylic acid groups (broad SMARTS) is 1. The van der Waals surface area contributed by atoms with Crippen LogP contribution in [-0.2, 0) is 11.2 Å². The molecule has 0 aliphatic carbocycles. The zero-order valence-corrected chi connectivity index (χ0v) is 22.9. The molecule has 1 fully saturated rings. The number of carboxylic acids is 1. The van der Waals surface area contributed by atoms with Crippen LogP contribution in [0, 0.1) is 12.8 Å². The Kier molecular flexibility index (Phi) is 9.15. The van der Waals surface area contributed by atoms with Crippen LogP contribution in [0.15, 0.2) is 36.4 Å². The van der Waals surface area contributed by atoms with Crippen LogP contribution in [0.3, 0.4) is 0 Å². The zero-order valence-electron chi connectivity index (χ0n) is 22.9. The molecule has 206 valence electrons. The summed E-state index contributed by atoms with van der Waals surface area (Å²) in [7, 11) is 1.88. The number of anilines is 2. The van der Waals surface area contributed by atoms with Crippen molar-refractivity contribution in [3.63, 3.8) is 0 Å². The lowest BCUT2D eigenvalue weighted by Gasteiger charge is -2.34. The number of nitrogens with zero attached hydrogens (tertiary/aromatic N) is 3. The molecule has 6 bridgehead atoms. The Morgan fingerprint density at radius 2 is 1.68 bits per heavy atom. The molecule has 1 saturated heterocycles. The molecule has 2 aromatic rings. The van der Waals surface area contributed by atoms with Gasteiger partial charge in [-0.3, -0.25) is 4.79 Å². The topological polar surface area (TPSA) is 116 Å². The predicted octanol–water partition coefficient (Wildman–Crippen LogP) is 4.74. The van der Waals surface area contributed by atoms with Crippen molar-refractivity contribution in [1.82, 2.24) is 9.80 Å². The minimum absolute atomic E-state index is 0.0284. The Balaban J connectivity index is 1.61. The first-order valence-electron chi connectivity index (χ1n) is 14.0. The number of rotatable bonds is 2. The highest BCUT2D eigenvalue weighted by Crippen LogP contribution is 2.36. The number of urea groups is 1. The summed E-state index contributed by atoms with van der Waals surface area (Å²) in [6, 6.07) is 12.1. The van der Waals surface area contributed by atoms with E-state index in [0.717, 1.165) is 79.6 Å². The molecule has 2 aromatic carbocycles. The largest absolute Gasteiger partial charge is 0.481 e. The number of aliphatic carboxylic acids is 1. The summed E-state index contributed by atoms with van der Waals surface area (Å²) < 4.78 is 0. The molecule has 0 aromatic heterocycles. The van der Waals surface area contributed by atoms with Gasteiger partial charge in [0, 0.05) is 39.1 Å². The van der Waals surface area contributed by atoms with Gasteiger partial charge in [-0.2, -0.15) is 0 Å². The third kappa shape index (κ3) is 6.59. The average Bonchev–Trinajstić information content (AvgIpc) is 2.91. The van der Waals surface area contributed by atoms with E-state index in [9.17, 15) is 14.7 Å². The molecular formula is C30H43N5O3. The fourth-order valence-electron chi connectivity index (χ4n) is 5.92. The number of amides is 2.